The molecule has 1 aliphatic heterocycles. The van der Waals surface area contributed by atoms with Crippen LogP contribution in [0, 0.1) is 5.92 Å². The lowest BCUT2D eigenvalue weighted by molar-refractivity contribution is -0.124. The fraction of sp³-hybridized carbons (Fsp3) is 0.882. The summed E-state index contributed by atoms with van der Waals surface area (Å²) in [5.74, 6) is 0.633. The summed E-state index contributed by atoms with van der Waals surface area (Å²) < 4.78 is 5.59. The van der Waals surface area contributed by atoms with E-state index in [0.29, 0.717) is 18.6 Å². The molecule has 1 heterocycles. The van der Waals surface area contributed by atoms with Gasteiger partial charge in [0.2, 0.25) is 0 Å². The van der Waals surface area contributed by atoms with Gasteiger partial charge in [-0.15, -0.1) is 0 Å². The quantitative estimate of drug-likeness (QED) is 0.736. The topological polar surface area (TPSA) is 46.6 Å². The van der Waals surface area contributed by atoms with E-state index >= 15 is 0 Å². The van der Waals surface area contributed by atoms with E-state index in [4.69, 9.17) is 4.74 Å². The van der Waals surface area contributed by atoms with Gasteiger partial charge in [0.15, 0.2) is 0 Å². The molecular formula is C17H29NO3. The SMILES string of the molecule is CC(C)(C)OC(=O)N1CCCC[C@@]1(C)[C@@H]1CCCC(=O)C1. The summed E-state index contributed by atoms with van der Waals surface area (Å²) in [7, 11) is 0. The number of ketones is 1. The number of amides is 1. The maximum absolute atomic E-state index is 12.6. The molecule has 4 nitrogen and oxygen atoms in total. The summed E-state index contributed by atoms with van der Waals surface area (Å²) in [4.78, 5) is 26.3. The van der Waals surface area contributed by atoms with Gasteiger partial charge in [-0.25, -0.2) is 4.79 Å². The van der Waals surface area contributed by atoms with Crippen LogP contribution in [0.2, 0.25) is 0 Å². The van der Waals surface area contributed by atoms with Crippen LogP contribution >= 0.6 is 0 Å². The van der Waals surface area contributed by atoms with Gasteiger partial charge in [0, 0.05) is 24.9 Å². The predicted molar refractivity (Wildman–Crippen MR) is 82.2 cm³/mol. The van der Waals surface area contributed by atoms with Crippen LogP contribution in [0.15, 0.2) is 0 Å². The first-order valence-electron chi connectivity index (χ1n) is 8.25. The number of nitrogens with zero attached hydrogens (tertiary/aromatic N) is 1. The lowest BCUT2D eigenvalue weighted by Gasteiger charge is -2.50. The van der Waals surface area contributed by atoms with Crippen LogP contribution in [0.25, 0.3) is 0 Å². The molecule has 2 aliphatic rings. The number of piperidine rings is 1. The molecule has 0 aromatic rings. The molecule has 2 rings (SSSR count). The van der Waals surface area contributed by atoms with Gasteiger partial charge in [-0.1, -0.05) is 0 Å². The second-order valence-corrected chi connectivity index (χ2v) is 7.78. The number of carbonyl (C=O) groups excluding carboxylic acids is 2. The molecule has 0 radical (unpaired) electrons. The van der Waals surface area contributed by atoms with Crippen LogP contribution in [-0.2, 0) is 9.53 Å². The van der Waals surface area contributed by atoms with Crippen LogP contribution in [0.5, 0.6) is 0 Å². The van der Waals surface area contributed by atoms with Crippen LogP contribution in [0.4, 0.5) is 4.79 Å². The number of carbonyl (C=O) groups is 2. The van der Waals surface area contributed by atoms with Crippen molar-refractivity contribution in [2.24, 2.45) is 5.92 Å². The zero-order valence-corrected chi connectivity index (χ0v) is 13.9. The second-order valence-electron chi connectivity index (χ2n) is 7.78. The highest BCUT2D eigenvalue weighted by Crippen LogP contribution is 2.41. The highest BCUT2D eigenvalue weighted by atomic mass is 16.6. The Morgan fingerprint density at radius 3 is 2.62 bits per heavy atom. The first-order chi connectivity index (χ1) is 9.72. The average Bonchev–Trinajstić information content (AvgIpc) is 2.37. The summed E-state index contributed by atoms with van der Waals surface area (Å²) in [6, 6.07) is 0. The number of Topliss-reactive ketones (excluding diaryl/α,β-unsaturated/α-hetero) is 1. The first kappa shape index (κ1) is 16.3. The van der Waals surface area contributed by atoms with E-state index in [9.17, 15) is 9.59 Å². The average molecular weight is 295 g/mol. The molecule has 0 aromatic heterocycles. The van der Waals surface area contributed by atoms with Crippen molar-refractivity contribution >= 4 is 11.9 Å². The normalized spacial score (nSPS) is 31.1. The Morgan fingerprint density at radius 2 is 2.00 bits per heavy atom. The Balaban J connectivity index is 2.17. The monoisotopic (exact) mass is 295 g/mol. The Bertz CT molecular complexity index is 413. The van der Waals surface area contributed by atoms with Gasteiger partial charge >= 0.3 is 6.09 Å². The van der Waals surface area contributed by atoms with Crippen molar-refractivity contribution in [3.05, 3.63) is 0 Å². The Labute approximate surface area is 128 Å². The lowest BCUT2D eigenvalue weighted by atomic mass is 9.70. The van der Waals surface area contributed by atoms with Crippen LogP contribution in [0.1, 0.15) is 72.6 Å². The van der Waals surface area contributed by atoms with Crippen molar-refractivity contribution in [2.75, 3.05) is 6.54 Å². The molecule has 0 aromatic carbocycles. The van der Waals surface area contributed by atoms with Crippen LogP contribution < -0.4 is 0 Å². The van der Waals surface area contributed by atoms with Gasteiger partial charge in [-0.05, 0) is 65.7 Å². The van der Waals surface area contributed by atoms with Crippen molar-refractivity contribution in [1.82, 2.24) is 4.90 Å². The highest BCUT2D eigenvalue weighted by molar-refractivity contribution is 5.79. The molecule has 1 aliphatic carbocycles. The molecule has 1 amide bonds. The van der Waals surface area contributed by atoms with E-state index in [1.54, 1.807) is 0 Å². The number of likely N-dealkylation sites (tertiary alicyclic amines) is 1. The Hall–Kier alpha value is -1.06. The molecule has 4 heteroatoms. The van der Waals surface area contributed by atoms with Gasteiger partial charge in [0.05, 0.1) is 0 Å². The molecule has 1 saturated carbocycles. The number of rotatable bonds is 1. The minimum atomic E-state index is -0.474. The van der Waals surface area contributed by atoms with E-state index in [1.807, 2.05) is 25.7 Å². The van der Waals surface area contributed by atoms with Crippen molar-refractivity contribution in [3.8, 4) is 0 Å². The standard InChI is InChI=1S/C17H29NO3/c1-16(2,3)21-15(20)18-11-6-5-10-17(18,4)13-8-7-9-14(19)12-13/h13H,5-12H2,1-4H3/t13-,17+/m1/s1. The Kier molecular flexibility index (Phi) is 4.64. The molecule has 0 N–H and O–H groups in total. The van der Waals surface area contributed by atoms with Crippen molar-refractivity contribution < 1.29 is 14.3 Å². The van der Waals surface area contributed by atoms with Gasteiger partial charge < -0.3 is 9.64 Å². The fourth-order valence-electron chi connectivity index (χ4n) is 3.74. The predicted octanol–water partition coefficient (Wildman–Crippen LogP) is 3.93. The van der Waals surface area contributed by atoms with Crippen molar-refractivity contribution in [2.45, 2.75) is 83.8 Å². The summed E-state index contributed by atoms with van der Waals surface area (Å²) in [6.45, 7) is 8.60. The maximum atomic E-state index is 12.6. The minimum absolute atomic E-state index is 0.220. The molecule has 1 saturated heterocycles. The third-order valence-corrected chi connectivity index (χ3v) is 4.91. The van der Waals surface area contributed by atoms with E-state index in [-0.39, 0.29) is 17.6 Å². The summed E-state index contributed by atoms with van der Waals surface area (Å²) >= 11 is 0. The maximum Gasteiger partial charge on any atom is 0.410 e. The zero-order valence-electron chi connectivity index (χ0n) is 13.9. The molecule has 2 fully saturated rings. The minimum Gasteiger partial charge on any atom is -0.444 e. The van der Waals surface area contributed by atoms with Gasteiger partial charge in [-0.2, -0.15) is 0 Å². The summed E-state index contributed by atoms with van der Waals surface area (Å²) in [6.07, 6.45) is 6.24. The van der Waals surface area contributed by atoms with Crippen LogP contribution in [0.3, 0.4) is 0 Å². The molecule has 120 valence electrons. The van der Waals surface area contributed by atoms with Gasteiger partial charge in [0.1, 0.15) is 11.4 Å². The molecule has 21 heavy (non-hydrogen) atoms. The van der Waals surface area contributed by atoms with Gasteiger partial charge in [-0.3, -0.25) is 4.79 Å². The van der Waals surface area contributed by atoms with Crippen molar-refractivity contribution in [3.63, 3.8) is 0 Å². The molecular weight excluding hydrogens is 266 g/mol. The van der Waals surface area contributed by atoms with Crippen LogP contribution in [-0.4, -0.2) is 34.5 Å². The molecule has 0 bridgehead atoms. The third-order valence-electron chi connectivity index (χ3n) is 4.91. The molecule has 2 atom stereocenters. The third kappa shape index (κ3) is 3.78. The molecule has 0 unspecified atom stereocenters. The lowest BCUT2D eigenvalue weighted by Crippen LogP contribution is -2.58. The number of hydrogen-bond donors (Lipinski definition) is 0. The van der Waals surface area contributed by atoms with E-state index in [2.05, 4.69) is 6.92 Å². The fourth-order valence-corrected chi connectivity index (χ4v) is 3.74. The smallest absolute Gasteiger partial charge is 0.410 e. The first-order valence-corrected chi connectivity index (χ1v) is 8.25. The van der Waals surface area contributed by atoms with Crippen molar-refractivity contribution in [1.29, 1.82) is 0 Å². The highest BCUT2D eigenvalue weighted by Gasteiger charge is 2.46. The Morgan fingerprint density at radius 1 is 1.29 bits per heavy atom. The molecule has 0 spiro atoms. The van der Waals surface area contributed by atoms with E-state index in [0.717, 1.165) is 38.6 Å². The number of ether oxygens (including phenoxy) is 1. The van der Waals surface area contributed by atoms with E-state index < -0.39 is 5.60 Å². The largest absolute Gasteiger partial charge is 0.444 e. The van der Waals surface area contributed by atoms with E-state index in [1.165, 1.54) is 0 Å². The zero-order chi connectivity index (χ0) is 15.7. The summed E-state index contributed by atoms with van der Waals surface area (Å²) in [5, 5.41) is 0. The second kappa shape index (κ2) is 5.98. The number of hydrogen-bond acceptors (Lipinski definition) is 3. The van der Waals surface area contributed by atoms with Gasteiger partial charge in [0.25, 0.3) is 0 Å². The summed E-state index contributed by atoms with van der Waals surface area (Å²) in [5.41, 5.74) is -0.700.